The number of rotatable bonds is 6. The molecule has 2 rings (SSSR count). The minimum Gasteiger partial charge on any atom is -0.450 e. The Morgan fingerprint density at radius 1 is 1.27 bits per heavy atom. The number of hydrogen-bond acceptors (Lipinski definition) is 5. The highest BCUT2D eigenvalue weighted by molar-refractivity contribution is 5.78. The van der Waals surface area contributed by atoms with Gasteiger partial charge in [-0.15, -0.1) is 0 Å². The molecule has 0 saturated carbocycles. The number of carbonyl (C=O) groups is 2. The molecule has 2 aliphatic rings. The van der Waals surface area contributed by atoms with E-state index in [1.165, 1.54) is 0 Å². The van der Waals surface area contributed by atoms with Crippen LogP contribution in [0.2, 0.25) is 0 Å². The van der Waals surface area contributed by atoms with Crippen LogP contribution in [0.5, 0.6) is 0 Å². The van der Waals surface area contributed by atoms with Gasteiger partial charge in [-0.3, -0.25) is 4.79 Å². The molecule has 0 aromatic heterocycles. The number of nitrogens with zero attached hydrogens (tertiary/aromatic N) is 1. The number of ether oxygens (including phenoxy) is 2. The molecule has 0 spiro atoms. The average Bonchev–Trinajstić information content (AvgIpc) is 3.01. The molecule has 2 heterocycles. The Balaban J connectivity index is 1.57. The number of amides is 2. The van der Waals surface area contributed by atoms with Crippen LogP contribution >= 0.6 is 0 Å². The van der Waals surface area contributed by atoms with Crippen LogP contribution < -0.4 is 10.6 Å². The molecule has 0 radical (unpaired) electrons. The normalized spacial score (nSPS) is 22.6. The van der Waals surface area contributed by atoms with Crippen LogP contribution in [0, 0.1) is 0 Å². The lowest BCUT2D eigenvalue weighted by Crippen LogP contribution is -2.48. The van der Waals surface area contributed by atoms with Gasteiger partial charge in [0.15, 0.2) is 0 Å². The van der Waals surface area contributed by atoms with Crippen LogP contribution in [0.15, 0.2) is 0 Å². The average molecular weight is 313 g/mol. The summed E-state index contributed by atoms with van der Waals surface area (Å²) in [5, 5.41) is 6.15. The van der Waals surface area contributed by atoms with Crippen molar-refractivity contribution in [3.05, 3.63) is 0 Å². The number of nitrogens with one attached hydrogen (secondary N) is 2. The van der Waals surface area contributed by atoms with Crippen molar-refractivity contribution < 1.29 is 19.1 Å². The van der Waals surface area contributed by atoms with E-state index >= 15 is 0 Å². The largest absolute Gasteiger partial charge is 0.450 e. The summed E-state index contributed by atoms with van der Waals surface area (Å²) >= 11 is 0. The summed E-state index contributed by atoms with van der Waals surface area (Å²) in [6.07, 6.45) is 3.72. The van der Waals surface area contributed by atoms with Gasteiger partial charge >= 0.3 is 6.09 Å². The lowest BCUT2D eigenvalue weighted by atomic mass is 10.1. The molecule has 1 unspecified atom stereocenters. The molecule has 1 atom stereocenters. The number of piperidine rings is 1. The van der Waals surface area contributed by atoms with Crippen molar-refractivity contribution in [2.75, 3.05) is 39.4 Å². The van der Waals surface area contributed by atoms with Gasteiger partial charge in [-0.05, 0) is 32.6 Å². The second-order valence-corrected chi connectivity index (χ2v) is 5.79. The standard InChI is InChI=1S/C15H27N3O4/c1-2-21-15(20)18-7-5-12(6-8-18)17-14(19)11-16-10-13-4-3-9-22-13/h12-13,16H,2-11H2,1H3,(H,17,19). The third kappa shape index (κ3) is 5.46. The molecule has 0 aromatic carbocycles. The highest BCUT2D eigenvalue weighted by atomic mass is 16.6. The number of hydrogen-bond donors (Lipinski definition) is 2. The van der Waals surface area contributed by atoms with Crippen molar-refractivity contribution in [3.63, 3.8) is 0 Å². The molecule has 126 valence electrons. The van der Waals surface area contributed by atoms with Crippen LogP contribution in [0.4, 0.5) is 4.79 Å². The van der Waals surface area contributed by atoms with Crippen molar-refractivity contribution in [2.45, 2.75) is 44.8 Å². The third-order valence-corrected chi connectivity index (χ3v) is 4.07. The molecule has 2 N–H and O–H groups in total. The van der Waals surface area contributed by atoms with E-state index in [1.54, 1.807) is 11.8 Å². The summed E-state index contributed by atoms with van der Waals surface area (Å²) < 4.78 is 10.5. The van der Waals surface area contributed by atoms with Gasteiger partial charge in [-0.25, -0.2) is 4.79 Å². The van der Waals surface area contributed by atoms with E-state index in [-0.39, 0.29) is 24.1 Å². The molecule has 22 heavy (non-hydrogen) atoms. The van der Waals surface area contributed by atoms with Crippen molar-refractivity contribution in [2.24, 2.45) is 0 Å². The van der Waals surface area contributed by atoms with Crippen LogP contribution in [0.1, 0.15) is 32.6 Å². The van der Waals surface area contributed by atoms with E-state index in [9.17, 15) is 9.59 Å². The van der Waals surface area contributed by atoms with E-state index < -0.39 is 0 Å². The van der Waals surface area contributed by atoms with Crippen LogP contribution in [0.3, 0.4) is 0 Å². The highest BCUT2D eigenvalue weighted by Crippen LogP contribution is 2.12. The predicted molar refractivity (Wildman–Crippen MR) is 81.6 cm³/mol. The highest BCUT2D eigenvalue weighted by Gasteiger charge is 2.24. The SMILES string of the molecule is CCOC(=O)N1CCC(NC(=O)CNCC2CCCO2)CC1. The second-order valence-electron chi connectivity index (χ2n) is 5.79. The second kappa shape index (κ2) is 8.95. The van der Waals surface area contributed by atoms with Crippen LogP contribution in [-0.2, 0) is 14.3 Å². The Bertz CT molecular complexity index is 364. The van der Waals surface area contributed by atoms with E-state index in [0.717, 1.165) is 38.8 Å². The molecule has 0 bridgehead atoms. The number of likely N-dealkylation sites (tertiary alicyclic amines) is 1. The summed E-state index contributed by atoms with van der Waals surface area (Å²) in [4.78, 5) is 25.2. The van der Waals surface area contributed by atoms with E-state index in [4.69, 9.17) is 9.47 Å². The van der Waals surface area contributed by atoms with Crippen molar-refractivity contribution in [1.82, 2.24) is 15.5 Å². The molecule has 2 amide bonds. The van der Waals surface area contributed by atoms with Gasteiger partial charge in [0.05, 0.1) is 19.3 Å². The molecule has 7 nitrogen and oxygen atoms in total. The fourth-order valence-electron chi connectivity index (χ4n) is 2.85. The van der Waals surface area contributed by atoms with Crippen LogP contribution in [-0.4, -0.2) is 68.4 Å². The van der Waals surface area contributed by atoms with Gasteiger partial charge in [0.1, 0.15) is 0 Å². The Kier molecular flexibility index (Phi) is 6.92. The Labute approximate surface area is 131 Å². The molecule has 2 aliphatic heterocycles. The Morgan fingerprint density at radius 2 is 2.05 bits per heavy atom. The Hall–Kier alpha value is -1.34. The molecule has 7 heteroatoms. The van der Waals surface area contributed by atoms with Gasteiger partial charge < -0.3 is 25.0 Å². The summed E-state index contributed by atoms with van der Waals surface area (Å²) in [6.45, 7) is 5.34. The zero-order chi connectivity index (χ0) is 15.8. The summed E-state index contributed by atoms with van der Waals surface area (Å²) in [6, 6.07) is 0.141. The predicted octanol–water partition coefficient (Wildman–Crippen LogP) is 0.492. The topological polar surface area (TPSA) is 79.9 Å². The van der Waals surface area contributed by atoms with E-state index in [1.807, 2.05) is 0 Å². The van der Waals surface area contributed by atoms with Gasteiger partial charge in [0.2, 0.25) is 5.91 Å². The number of carbonyl (C=O) groups excluding carboxylic acids is 2. The van der Waals surface area contributed by atoms with E-state index in [2.05, 4.69) is 10.6 Å². The first-order chi connectivity index (χ1) is 10.7. The first-order valence-corrected chi connectivity index (χ1v) is 8.22. The summed E-state index contributed by atoms with van der Waals surface area (Å²) in [7, 11) is 0. The maximum absolute atomic E-state index is 11.9. The lowest BCUT2D eigenvalue weighted by molar-refractivity contribution is -0.121. The smallest absolute Gasteiger partial charge is 0.409 e. The molecular formula is C15H27N3O4. The summed E-state index contributed by atoms with van der Waals surface area (Å²) in [5.41, 5.74) is 0. The maximum atomic E-state index is 11.9. The van der Waals surface area contributed by atoms with Crippen LogP contribution in [0.25, 0.3) is 0 Å². The molecule has 2 fully saturated rings. The van der Waals surface area contributed by atoms with Crippen molar-refractivity contribution in [3.8, 4) is 0 Å². The third-order valence-electron chi connectivity index (χ3n) is 4.07. The first kappa shape index (κ1) is 17.0. The van der Waals surface area contributed by atoms with Gasteiger partial charge in [-0.2, -0.15) is 0 Å². The Morgan fingerprint density at radius 3 is 2.68 bits per heavy atom. The van der Waals surface area contributed by atoms with Gasteiger partial charge in [0, 0.05) is 32.3 Å². The molecular weight excluding hydrogens is 286 g/mol. The fraction of sp³-hybridized carbons (Fsp3) is 0.867. The summed E-state index contributed by atoms with van der Waals surface area (Å²) in [5.74, 6) is 0.00702. The zero-order valence-electron chi connectivity index (χ0n) is 13.3. The minimum absolute atomic E-state index is 0.00702. The molecule has 0 aromatic rings. The molecule has 2 saturated heterocycles. The molecule has 0 aliphatic carbocycles. The van der Waals surface area contributed by atoms with Crippen molar-refractivity contribution in [1.29, 1.82) is 0 Å². The minimum atomic E-state index is -0.259. The monoisotopic (exact) mass is 313 g/mol. The maximum Gasteiger partial charge on any atom is 0.409 e. The fourth-order valence-corrected chi connectivity index (χ4v) is 2.85. The van der Waals surface area contributed by atoms with Gasteiger partial charge in [-0.1, -0.05) is 0 Å². The lowest BCUT2D eigenvalue weighted by Gasteiger charge is -2.31. The van der Waals surface area contributed by atoms with Gasteiger partial charge in [0.25, 0.3) is 0 Å². The first-order valence-electron chi connectivity index (χ1n) is 8.22. The van der Waals surface area contributed by atoms with E-state index in [0.29, 0.717) is 26.2 Å². The quantitative estimate of drug-likeness (QED) is 0.746. The van der Waals surface area contributed by atoms with Crippen molar-refractivity contribution >= 4 is 12.0 Å². The zero-order valence-corrected chi connectivity index (χ0v) is 13.3.